The largest absolute Gasteiger partial charge is 0.381 e. The maximum atomic E-state index is 5.88. The van der Waals surface area contributed by atoms with Crippen LogP contribution in [0.25, 0.3) is 0 Å². The van der Waals surface area contributed by atoms with Gasteiger partial charge in [-0.1, -0.05) is 57.4 Å². The van der Waals surface area contributed by atoms with E-state index >= 15 is 0 Å². The summed E-state index contributed by atoms with van der Waals surface area (Å²) in [5, 5.41) is 0. The first kappa shape index (κ1) is 31.4. The van der Waals surface area contributed by atoms with Crippen LogP contribution in [0.5, 0.6) is 0 Å². The summed E-state index contributed by atoms with van der Waals surface area (Å²) < 4.78 is 14.0. The van der Waals surface area contributed by atoms with Crippen molar-refractivity contribution < 1.29 is 14.0 Å². The van der Waals surface area contributed by atoms with Crippen molar-refractivity contribution in [1.29, 1.82) is 0 Å². The second-order valence-electron chi connectivity index (χ2n) is 10.3. The molecule has 0 saturated carbocycles. The Morgan fingerprint density at radius 2 is 1.19 bits per heavy atom. The Morgan fingerprint density at radius 3 is 1.84 bits per heavy atom. The van der Waals surface area contributed by atoms with Crippen LogP contribution in [-0.4, -0.2) is 38.0 Å². The topological polar surface area (TPSA) is 61.2 Å². The highest BCUT2D eigenvalue weighted by Gasteiger charge is 2.03. The number of ether oxygens (including phenoxy) is 2. The molecule has 208 valence electrons. The molecule has 0 saturated heterocycles. The monoisotopic (exact) mass is 512 g/mol. The van der Waals surface area contributed by atoms with Gasteiger partial charge in [-0.25, -0.2) is 4.57 Å². The quantitative estimate of drug-likeness (QED) is 0.120. The molecule has 0 aliphatic heterocycles. The Morgan fingerprint density at radius 1 is 0.622 bits per heavy atom. The minimum atomic E-state index is 0.829. The zero-order valence-corrected chi connectivity index (χ0v) is 23.5. The van der Waals surface area contributed by atoms with Crippen molar-refractivity contribution >= 4 is 0 Å². The summed E-state index contributed by atoms with van der Waals surface area (Å²) in [4.78, 5) is 4.16. The van der Waals surface area contributed by atoms with Crippen LogP contribution in [0.2, 0.25) is 0 Å². The lowest BCUT2D eigenvalue weighted by atomic mass is 10.1. The van der Waals surface area contributed by atoms with Gasteiger partial charge in [0.25, 0.3) is 0 Å². The van der Waals surface area contributed by atoms with Gasteiger partial charge in [-0.15, -0.1) is 0 Å². The maximum absolute atomic E-state index is 5.88. The molecule has 0 amide bonds. The van der Waals surface area contributed by atoms with Gasteiger partial charge in [0.1, 0.15) is 6.54 Å². The summed E-state index contributed by atoms with van der Waals surface area (Å²) in [6.07, 6.45) is 28.0. The normalized spacial score (nSPS) is 11.3. The third kappa shape index (κ3) is 18.1. The van der Waals surface area contributed by atoms with Crippen molar-refractivity contribution in [3.05, 3.63) is 60.2 Å². The first-order valence-corrected chi connectivity index (χ1v) is 15.1. The zero-order valence-electron chi connectivity index (χ0n) is 23.5. The molecule has 5 heteroatoms. The molecule has 2 aromatic heterocycles. The fourth-order valence-electron chi connectivity index (χ4n) is 4.63. The van der Waals surface area contributed by atoms with Crippen molar-refractivity contribution in [2.24, 2.45) is 5.73 Å². The molecule has 0 spiro atoms. The number of nitrogens with two attached hydrogens (primary N) is 1. The van der Waals surface area contributed by atoms with E-state index in [1.807, 2.05) is 18.5 Å². The number of hydrogen-bond acceptors (Lipinski definition) is 4. The average Bonchev–Trinajstić information content (AvgIpc) is 2.93. The number of rotatable bonds is 25. The highest BCUT2D eigenvalue weighted by molar-refractivity contribution is 5.08. The molecule has 0 unspecified atom stereocenters. The van der Waals surface area contributed by atoms with E-state index in [2.05, 4.69) is 40.1 Å². The summed E-state index contributed by atoms with van der Waals surface area (Å²) in [5.74, 6) is 0. The van der Waals surface area contributed by atoms with Gasteiger partial charge in [-0.3, -0.25) is 4.98 Å². The number of unbranched alkanes of at least 4 members (excludes halogenated alkanes) is 10. The molecule has 0 bridgehead atoms. The van der Waals surface area contributed by atoms with Crippen molar-refractivity contribution in [3.8, 4) is 0 Å². The van der Waals surface area contributed by atoms with E-state index in [-0.39, 0.29) is 0 Å². The fourth-order valence-corrected chi connectivity index (χ4v) is 4.63. The highest BCUT2D eigenvalue weighted by Crippen LogP contribution is 2.10. The molecule has 2 rings (SSSR count). The molecular formula is C32H54N3O2+. The van der Waals surface area contributed by atoms with Crippen LogP contribution >= 0.6 is 0 Å². The SMILES string of the molecule is NCCCCCCCCCCCCOCCCc1ccc[n+](CCCCOCCCc2cccnc2)c1. The molecule has 37 heavy (non-hydrogen) atoms. The van der Waals surface area contributed by atoms with E-state index in [9.17, 15) is 0 Å². The van der Waals surface area contributed by atoms with E-state index in [0.29, 0.717) is 0 Å². The maximum Gasteiger partial charge on any atom is 0.171 e. The number of hydrogen-bond donors (Lipinski definition) is 1. The van der Waals surface area contributed by atoms with E-state index in [0.717, 1.165) is 78.0 Å². The van der Waals surface area contributed by atoms with Gasteiger partial charge in [-0.2, -0.15) is 0 Å². The standard InChI is InChI=1S/C32H54N3O2/c33-21-9-7-5-3-1-2-4-6-8-11-25-36-28-16-20-32-18-14-24-35(30-32)23-10-12-26-37-27-15-19-31-17-13-22-34-29-31/h13-14,17-18,22,24,29-30H,1-12,15-16,19-21,23,25-28,33H2/q+1. The van der Waals surface area contributed by atoms with Crippen LogP contribution in [0, 0.1) is 0 Å². The first-order valence-electron chi connectivity index (χ1n) is 15.1. The predicted molar refractivity (Wildman–Crippen MR) is 154 cm³/mol. The molecular weight excluding hydrogens is 458 g/mol. The number of nitrogens with zero attached hydrogens (tertiary/aromatic N) is 2. The Bertz CT molecular complexity index is 757. The molecule has 0 fully saturated rings. The molecule has 0 atom stereocenters. The number of aromatic nitrogens is 2. The molecule has 0 radical (unpaired) electrons. The van der Waals surface area contributed by atoms with Gasteiger partial charge in [0.2, 0.25) is 0 Å². The smallest absolute Gasteiger partial charge is 0.171 e. The molecule has 0 aliphatic rings. The van der Waals surface area contributed by atoms with E-state index in [1.54, 1.807) is 0 Å². The number of pyridine rings is 2. The fraction of sp³-hybridized carbons (Fsp3) is 0.688. The second-order valence-corrected chi connectivity index (χ2v) is 10.3. The van der Waals surface area contributed by atoms with Crippen molar-refractivity contribution in [2.75, 3.05) is 33.0 Å². The Hall–Kier alpha value is -1.82. The molecule has 5 nitrogen and oxygen atoms in total. The Balaban J connectivity index is 1.36. The molecule has 2 heterocycles. The van der Waals surface area contributed by atoms with Crippen LogP contribution in [0.1, 0.15) is 101 Å². The summed E-state index contributed by atoms with van der Waals surface area (Å²) in [5.41, 5.74) is 8.23. The van der Waals surface area contributed by atoms with Crippen LogP contribution in [0.4, 0.5) is 0 Å². The Labute approximate surface area is 227 Å². The predicted octanol–water partition coefficient (Wildman–Crippen LogP) is 6.61. The lowest BCUT2D eigenvalue weighted by molar-refractivity contribution is -0.697. The van der Waals surface area contributed by atoms with E-state index in [4.69, 9.17) is 15.2 Å². The summed E-state index contributed by atoms with van der Waals surface area (Å²) >= 11 is 0. The Kier molecular flexibility index (Phi) is 19.8. The van der Waals surface area contributed by atoms with Crippen molar-refractivity contribution in [1.82, 2.24) is 4.98 Å². The first-order chi connectivity index (χ1) is 18.4. The summed E-state index contributed by atoms with van der Waals surface area (Å²) in [7, 11) is 0. The second kappa shape index (κ2) is 23.3. The molecule has 2 N–H and O–H groups in total. The number of aryl methyl sites for hydroxylation is 3. The highest BCUT2D eigenvalue weighted by atomic mass is 16.5. The van der Waals surface area contributed by atoms with Gasteiger partial charge >= 0.3 is 0 Å². The molecule has 2 aromatic rings. The third-order valence-electron chi connectivity index (χ3n) is 6.85. The van der Waals surface area contributed by atoms with Gasteiger partial charge in [0.05, 0.1) is 0 Å². The van der Waals surface area contributed by atoms with Gasteiger partial charge in [-0.05, 0) is 69.2 Å². The van der Waals surface area contributed by atoms with Crippen molar-refractivity contribution in [3.63, 3.8) is 0 Å². The minimum absolute atomic E-state index is 0.829. The summed E-state index contributed by atoms with van der Waals surface area (Å²) in [6.45, 7) is 5.36. The van der Waals surface area contributed by atoms with Crippen LogP contribution in [0.3, 0.4) is 0 Å². The van der Waals surface area contributed by atoms with Crippen LogP contribution in [-0.2, 0) is 28.9 Å². The van der Waals surface area contributed by atoms with Gasteiger partial charge < -0.3 is 15.2 Å². The van der Waals surface area contributed by atoms with Crippen molar-refractivity contribution in [2.45, 2.75) is 109 Å². The van der Waals surface area contributed by atoms with E-state index in [1.165, 1.54) is 75.3 Å². The lowest BCUT2D eigenvalue weighted by Crippen LogP contribution is -2.33. The molecule has 0 aliphatic carbocycles. The lowest BCUT2D eigenvalue weighted by Gasteiger charge is -2.06. The minimum Gasteiger partial charge on any atom is -0.381 e. The van der Waals surface area contributed by atoms with E-state index < -0.39 is 0 Å². The summed E-state index contributed by atoms with van der Waals surface area (Å²) in [6, 6.07) is 8.53. The third-order valence-corrected chi connectivity index (χ3v) is 6.85. The van der Waals surface area contributed by atoms with Gasteiger partial charge in [0, 0.05) is 56.9 Å². The zero-order chi connectivity index (χ0) is 26.1. The van der Waals surface area contributed by atoms with Gasteiger partial charge in [0.15, 0.2) is 12.4 Å². The molecule has 0 aromatic carbocycles. The average molecular weight is 513 g/mol. The van der Waals surface area contributed by atoms with Crippen LogP contribution in [0.15, 0.2) is 49.1 Å². The van der Waals surface area contributed by atoms with Crippen LogP contribution < -0.4 is 10.3 Å².